The fourth-order valence-electron chi connectivity index (χ4n) is 2.36. The van der Waals surface area contributed by atoms with Gasteiger partial charge in [0.1, 0.15) is 5.41 Å². The van der Waals surface area contributed by atoms with Crippen molar-refractivity contribution in [2.45, 2.75) is 45.6 Å². The van der Waals surface area contributed by atoms with Gasteiger partial charge in [0.25, 0.3) is 0 Å². The summed E-state index contributed by atoms with van der Waals surface area (Å²) in [5.74, 6) is -0.340. The van der Waals surface area contributed by atoms with Crippen LogP contribution in [0.5, 0.6) is 0 Å². The van der Waals surface area contributed by atoms with Crippen LogP contribution in [0.15, 0.2) is 5.16 Å². The van der Waals surface area contributed by atoms with Crippen molar-refractivity contribution in [1.82, 2.24) is 10.6 Å². The van der Waals surface area contributed by atoms with Gasteiger partial charge in [-0.05, 0) is 19.3 Å². The van der Waals surface area contributed by atoms with Gasteiger partial charge in [-0.25, -0.2) is 0 Å². The fraction of sp³-hybridized carbons (Fsp3) is 0.750. The summed E-state index contributed by atoms with van der Waals surface area (Å²) >= 11 is 0. The van der Waals surface area contributed by atoms with Crippen LogP contribution in [-0.4, -0.2) is 35.4 Å². The van der Waals surface area contributed by atoms with Crippen molar-refractivity contribution >= 4 is 17.6 Å². The highest BCUT2D eigenvalue weighted by Crippen LogP contribution is 2.27. The van der Waals surface area contributed by atoms with Crippen LogP contribution in [0.2, 0.25) is 0 Å². The van der Waals surface area contributed by atoms with E-state index in [-0.39, 0.29) is 23.7 Å². The predicted molar refractivity (Wildman–Crippen MR) is 70.6 cm³/mol. The van der Waals surface area contributed by atoms with Gasteiger partial charge in [-0.1, -0.05) is 19.0 Å². The largest absolute Gasteiger partial charge is 0.409 e. The smallest absolute Gasteiger partial charge is 0.234 e. The third kappa shape index (κ3) is 3.15. The van der Waals surface area contributed by atoms with Gasteiger partial charge in [0.15, 0.2) is 5.84 Å². The molecule has 0 radical (unpaired) electrons. The van der Waals surface area contributed by atoms with E-state index in [0.717, 1.165) is 0 Å². The summed E-state index contributed by atoms with van der Waals surface area (Å²) in [5.41, 5.74) is 4.66. The van der Waals surface area contributed by atoms with E-state index in [9.17, 15) is 9.59 Å². The molecule has 0 saturated carbocycles. The zero-order valence-electron chi connectivity index (χ0n) is 11.4. The van der Waals surface area contributed by atoms with Crippen molar-refractivity contribution in [2.75, 3.05) is 6.54 Å². The lowest BCUT2D eigenvalue weighted by atomic mass is 9.80. The molecule has 0 spiro atoms. The van der Waals surface area contributed by atoms with Crippen molar-refractivity contribution in [3.8, 4) is 0 Å². The van der Waals surface area contributed by atoms with Crippen LogP contribution >= 0.6 is 0 Å². The highest BCUT2D eigenvalue weighted by atomic mass is 16.4. The molecule has 2 amide bonds. The summed E-state index contributed by atoms with van der Waals surface area (Å²) in [6.45, 7) is 4.00. The summed E-state index contributed by atoms with van der Waals surface area (Å²) in [5, 5.41) is 17.4. The second-order valence-electron chi connectivity index (χ2n) is 4.79. The first kappa shape index (κ1) is 15.3. The highest BCUT2D eigenvalue weighted by Gasteiger charge is 2.40. The number of rotatable bonds is 6. The minimum Gasteiger partial charge on any atom is -0.409 e. The molecule has 1 fully saturated rings. The first-order valence-corrected chi connectivity index (χ1v) is 6.55. The SMILES string of the molecule is CCC(CC)(C(=O)NCC1CCC(=O)N1)C(N)=NO. The monoisotopic (exact) mass is 270 g/mol. The van der Waals surface area contributed by atoms with Crippen molar-refractivity contribution < 1.29 is 14.8 Å². The Kier molecular flexibility index (Phi) is 5.14. The molecule has 0 bridgehead atoms. The molecule has 1 aliphatic heterocycles. The number of oxime groups is 1. The summed E-state index contributed by atoms with van der Waals surface area (Å²) in [4.78, 5) is 23.3. The van der Waals surface area contributed by atoms with E-state index >= 15 is 0 Å². The first-order chi connectivity index (χ1) is 9.00. The molecule has 1 aliphatic rings. The third-order valence-electron chi connectivity index (χ3n) is 3.83. The molecule has 1 atom stereocenters. The third-order valence-corrected chi connectivity index (χ3v) is 3.83. The van der Waals surface area contributed by atoms with E-state index in [1.54, 1.807) is 0 Å². The quantitative estimate of drug-likeness (QED) is 0.234. The normalized spacial score (nSPS) is 20.2. The van der Waals surface area contributed by atoms with E-state index in [0.29, 0.717) is 32.2 Å². The van der Waals surface area contributed by atoms with Crippen molar-refractivity contribution in [3.63, 3.8) is 0 Å². The van der Waals surface area contributed by atoms with Crippen LogP contribution in [0.4, 0.5) is 0 Å². The predicted octanol–water partition coefficient (Wildman–Crippen LogP) is -0.0660. The Morgan fingerprint density at radius 3 is 2.63 bits per heavy atom. The van der Waals surface area contributed by atoms with Crippen LogP contribution in [0.1, 0.15) is 39.5 Å². The van der Waals surface area contributed by atoms with E-state index < -0.39 is 5.41 Å². The number of amides is 2. The summed E-state index contributed by atoms with van der Waals surface area (Å²) in [7, 11) is 0. The Morgan fingerprint density at radius 2 is 2.21 bits per heavy atom. The lowest BCUT2D eigenvalue weighted by molar-refractivity contribution is -0.128. The second kappa shape index (κ2) is 6.40. The average molecular weight is 270 g/mol. The van der Waals surface area contributed by atoms with Crippen molar-refractivity contribution in [1.29, 1.82) is 0 Å². The molecule has 19 heavy (non-hydrogen) atoms. The number of hydrogen-bond donors (Lipinski definition) is 4. The van der Waals surface area contributed by atoms with Gasteiger partial charge in [0.05, 0.1) is 0 Å². The van der Waals surface area contributed by atoms with Gasteiger partial charge in [-0.15, -0.1) is 0 Å². The number of nitrogens with one attached hydrogen (secondary N) is 2. The van der Waals surface area contributed by atoms with Gasteiger partial charge in [-0.2, -0.15) is 0 Å². The van der Waals surface area contributed by atoms with Gasteiger partial charge in [0, 0.05) is 19.0 Å². The van der Waals surface area contributed by atoms with Gasteiger partial charge in [0.2, 0.25) is 11.8 Å². The number of carbonyl (C=O) groups is 2. The molecule has 0 aromatic rings. The Hall–Kier alpha value is -1.79. The number of amidine groups is 1. The Bertz CT molecular complexity index is 377. The van der Waals surface area contributed by atoms with Crippen LogP contribution in [0, 0.1) is 5.41 Å². The Labute approximate surface area is 112 Å². The minimum atomic E-state index is -0.989. The summed E-state index contributed by atoms with van der Waals surface area (Å²) in [6.07, 6.45) is 2.10. The molecule has 108 valence electrons. The molecule has 5 N–H and O–H groups in total. The highest BCUT2D eigenvalue weighted by molar-refractivity contribution is 6.06. The lowest BCUT2D eigenvalue weighted by Gasteiger charge is -2.29. The van der Waals surface area contributed by atoms with Crippen molar-refractivity contribution in [2.24, 2.45) is 16.3 Å². The summed E-state index contributed by atoms with van der Waals surface area (Å²) in [6, 6.07) is -0.0323. The molecular weight excluding hydrogens is 248 g/mol. The first-order valence-electron chi connectivity index (χ1n) is 6.55. The molecule has 1 unspecified atom stereocenters. The molecule has 0 aliphatic carbocycles. The van der Waals surface area contributed by atoms with Crippen LogP contribution in [0.3, 0.4) is 0 Å². The van der Waals surface area contributed by atoms with Crippen LogP contribution in [0.25, 0.3) is 0 Å². The molecule has 7 nitrogen and oxygen atoms in total. The Balaban J connectivity index is 2.65. The van der Waals surface area contributed by atoms with Crippen LogP contribution in [-0.2, 0) is 9.59 Å². The topological polar surface area (TPSA) is 117 Å². The van der Waals surface area contributed by atoms with Gasteiger partial charge >= 0.3 is 0 Å². The number of carbonyl (C=O) groups excluding carboxylic acids is 2. The molecule has 1 saturated heterocycles. The zero-order valence-corrected chi connectivity index (χ0v) is 11.4. The van der Waals surface area contributed by atoms with Gasteiger partial charge in [-0.3, -0.25) is 9.59 Å². The van der Waals surface area contributed by atoms with E-state index in [1.165, 1.54) is 0 Å². The molecule has 1 rings (SSSR count). The van der Waals surface area contributed by atoms with Crippen LogP contribution < -0.4 is 16.4 Å². The lowest BCUT2D eigenvalue weighted by Crippen LogP contribution is -2.51. The molecule has 1 heterocycles. The summed E-state index contributed by atoms with van der Waals surface area (Å²) < 4.78 is 0. The second-order valence-corrected chi connectivity index (χ2v) is 4.79. The molecule has 0 aromatic carbocycles. The Morgan fingerprint density at radius 1 is 1.58 bits per heavy atom. The average Bonchev–Trinajstić information content (AvgIpc) is 2.83. The molecule has 7 heteroatoms. The number of nitrogens with two attached hydrogens (primary N) is 1. The maximum absolute atomic E-state index is 12.3. The standard InChI is InChI=1S/C12H22N4O3/c1-3-12(4-2,10(13)16-19)11(18)14-7-8-5-6-9(17)15-8/h8,19H,3-7H2,1-2H3,(H2,13,16)(H,14,18)(H,15,17). The van der Waals surface area contributed by atoms with Crippen molar-refractivity contribution in [3.05, 3.63) is 0 Å². The molecular formula is C12H22N4O3. The number of hydrogen-bond acceptors (Lipinski definition) is 4. The molecule has 0 aromatic heterocycles. The van der Waals surface area contributed by atoms with Gasteiger partial charge < -0.3 is 21.6 Å². The fourth-order valence-corrected chi connectivity index (χ4v) is 2.36. The van der Waals surface area contributed by atoms with E-state index in [4.69, 9.17) is 10.9 Å². The minimum absolute atomic E-state index is 0.00734. The maximum Gasteiger partial charge on any atom is 0.234 e. The zero-order chi connectivity index (χ0) is 14.5. The van der Waals surface area contributed by atoms with E-state index in [1.807, 2.05) is 13.8 Å². The number of nitrogens with zero attached hydrogens (tertiary/aromatic N) is 1. The van der Waals surface area contributed by atoms with E-state index in [2.05, 4.69) is 15.8 Å². The maximum atomic E-state index is 12.3.